The van der Waals surface area contributed by atoms with Gasteiger partial charge >= 0.3 is 0 Å². The van der Waals surface area contributed by atoms with Gasteiger partial charge in [0.2, 0.25) is 0 Å². The highest BCUT2D eigenvalue weighted by Gasteiger charge is 2.49. The van der Waals surface area contributed by atoms with Gasteiger partial charge in [-0.2, -0.15) is 0 Å². The second kappa shape index (κ2) is 5.26. The van der Waals surface area contributed by atoms with Crippen LogP contribution in [0.25, 0.3) is 0 Å². The Balaban J connectivity index is 1.95. The van der Waals surface area contributed by atoms with Gasteiger partial charge in [-0.3, -0.25) is 4.79 Å². The van der Waals surface area contributed by atoms with Gasteiger partial charge in [0.1, 0.15) is 11.6 Å². The number of rotatable bonds is 3. The monoisotopic (exact) mass is 277 g/mol. The van der Waals surface area contributed by atoms with Crippen LogP contribution in [0.3, 0.4) is 0 Å². The third-order valence-electron chi connectivity index (χ3n) is 4.75. The number of carbonyl (C=O) groups is 1. The van der Waals surface area contributed by atoms with Crippen LogP contribution in [-0.4, -0.2) is 29.1 Å². The molecule has 20 heavy (non-hydrogen) atoms. The molecule has 0 spiro atoms. The molecule has 0 saturated carbocycles. The van der Waals surface area contributed by atoms with E-state index in [1.165, 1.54) is 12.1 Å². The molecule has 4 heteroatoms. The molecule has 0 aliphatic carbocycles. The van der Waals surface area contributed by atoms with Gasteiger partial charge in [-0.1, -0.05) is 19.1 Å². The van der Waals surface area contributed by atoms with Gasteiger partial charge in [-0.15, -0.1) is 0 Å². The fourth-order valence-electron chi connectivity index (χ4n) is 3.81. The SMILES string of the molecule is CCC(=O)C1C(c2ccc(F)cc2)CC2CC(O)C1N2. The summed E-state index contributed by atoms with van der Waals surface area (Å²) in [4.78, 5) is 12.3. The number of halogens is 1. The van der Waals surface area contributed by atoms with Gasteiger partial charge in [0, 0.05) is 24.4 Å². The second-order valence-electron chi connectivity index (χ2n) is 5.93. The third-order valence-corrected chi connectivity index (χ3v) is 4.75. The van der Waals surface area contributed by atoms with E-state index in [0.29, 0.717) is 12.8 Å². The molecule has 5 unspecified atom stereocenters. The molecule has 2 N–H and O–H groups in total. The highest BCUT2D eigenvalue weighted by Crippen LogP contribution is 2.42. The van der Waals surface area contributed by atoms with Crippen molar-refractivity contribution in [2.24, 2.45) is 5.92 Å². The average molecular weight is 277 g/mol. The van der Waals surface area contributed by atoms with Gasteiger partial charge in [0.15, 0.2) is 0 Å². The van der Waals surface area contributed by atoms with Gasteiger partial charge in [0.25, 0.3) is 0 Å². The first-order chi connectivity index (χ1) is 9.60. The van der Waals surface area contributed by atoms with Crippen molar-refractivity contribution in [3.8, 4) is 0 Å². The Morgan fingerprint density at radius 1 is 1.35 bits per heavy atom. The maximum Gasteiger partial charge on any atom is 0.137 e. The molecule has 2 saturated heterocycles. The van der Waals surface area contributed by atoms with Crippen LogP contribution < -0.4 is 5.32 Å². The van der Waals surface area contributed by atoms with Crippen molar-refractivity contribution in [1.82, 2.24) is 5.32 Å². The van der Waals surface area contributed by atoms with Crippen LogP contribution in [-0.2, 0) is 4.79 Å². The molecule has 5 atom stereocenters. The number of aliphatic hydroxyl groups is 1. The van der Waals surface area contributed by atoms with Gasteiger partial charge < -0.3 is 10.4 Å². The average Bonchev–Trinajstić information content (AvgIpc) is 2.74. The Labute approximate surface area is 118 Å². The summed E-state index contributed by atoms with van der Waals surface area (Å²) >= 11 is 0. The van der Waals surface area contributed by atoms with E-state index in [9.17, 15) is 14.3 Å². The Morgan fingerprint density at radius 2 is 2.05 bits per heavy atom. The number of aliphatic hydroxyl groups excluding tert-OH is 1. The van der Waals surface area contributed by atoms with Crippen LogP contribution in [0, 0.1) is 11.7 Å². The van der Waals surface area contributed by atoms with E-state index in [0.717, 1.165) is 12.0 Å². The van der Waals surface area contributed by atoms with Crippen molar-refractivity contribution in [2.75, 3.05) is 0 Å². The lowest BCUT2D eigenvalue weighted by atomic mass is 9.74. The predicted molar refractivity (Wildman–Crippen MR) is 73.9 cm³/mol. The van der Waals surface area contributed by atoms with Crippen molar-refractivity contribution >= 4 is 5.78 Å². The Kier molecular flexibility index (Phi) is 3.61. The summed E-state index contributed by atoms with van der Waals surface area (Å²) in [6, 6.07) is 6.54. The van der Waals surface area contributed by atoms with Crippen LogP contribution in [0.4, 0.5) is 4.39 Å². The minimum atomic E-state index is -0.453. The minimum Gasteiger partial charge on any atom is -0.391 e. The zero-order valence-corrected chi connectivity index (χ0v) is 11.6. The van der Waals surface area contributed by atoms with Gasteiger partial charge in [0.05, 0.1) is 6.10 Å². The van der Waals surface area contributed by atoms with Crippen LogP contribution in [0.15, 0.2) is 24.3 Å². The fraction of sp³-hybridized carbons (Fsp3) is 0.562. The molecule has 108 valence electrons. The number of nitrogens with one attached hydrogen (secondary N) is 1. The molecule has 3 rings (SSSR count). The summed E-state index contributed by atoms with van der Waals surface area (Å²) in [5.41, 5.74) is 1.00. The number of piperidine rings is 1. The quantitative estimate of drug-likeness (QED) is 0.888. The lowest BCUT2D eigenvalue weighted by molar-refractivity contribution is -0.125. The predicted octanol–water partition coefficient (Wildman–Crippen LogP) is 2.00. The number of hydrogen-bond donors (Lipinski definition) is 2. The van der Waals surface area contributed by atoms with Crippen LogP contribution in [0.5, 0.6) is 0 Å². The van der Waals surface area contributed by atoms with Crippen molar-refractivity contribution in [1.29, 1.82) is 0 Å². The second-order valence-corrected chi connectivity index (χ2v) is 5.93. The Morgan fingerprint density at radius 3 is 2.70 bits per heavy atom. The van der Waals surface area contributed by atoms with Crippen molar-refractivity contribution in [3.63, 3.8) is 0 Å². The van der Waals surface area contributed by atoms with E-state index in [2.05, 4.69) is 5.32 Å². The number of fused-ring (bicyclic) bond motifs is 2. The maximum absolute atomic E-state index is 13.1. The van der Waals surface area contributed by atoms with E-state index >= 15 is 0 Å². The van der Waals surface area contributed by atoms with Crippen LogP contribution in [0.1, 0.15) is 37.7 Å². The van der Waals surface area contributed by atoms with Crippen molar-refractivity contribution in [2.45, 2.75) is 50.3 Å². The molecule has 0 amide bonds. The van der Waals surface area contributed by atoms with Crippen molar-refractivity contribution < 1.29 is 14.3 Å². The first-order valence-corrected chi connectivity index (χ1v) is 7.32. The molecule has 0 aromatic heterocycles. The van der Waals surface area contributed by atoms with Crippen molar-refractivity contribution in [3.05, 3.63) is 35.6 Å². The Bertz CT molecular complexity index is 502. The van der Waals surface area contributed by atoms with Crippen LogP contribution in [0.2, 0.25) is 0 Å². The highest BCUT2D eigenvalue weighted by molar-refractivity contribution is 5.83. The van der Waals surface area contributed by atoms with E-state index in [-0.39, 0.29) is 35.5 Å². The van der Waals surface area contributed by atoms with E-state index in [1.54, 1.807) is 12.1 Å². The highest BCUT2D eigenvalue weighted by atomic mass is 19.1. The van der Waals surface area contributed by atoms with E-state index < -0.39 is 6.10 Å². The lowest BCUT2D eigenvalue weighted by Crippen LogP contribution is -2.50. The molecule has 2 aliphatic heterocycles. The largest absolute Gasteiger partial charge is 0.391 e. The first kappa shape index (κ1) is 13.7. The summed E-state index contributed by atoms with van der Waals surface area (Å²) < 4.78 is 13.1. The molecular weight excluding hydrogens is 257 g/mol. The summed E-state index contributed by atoms with van der Waals surface area (Å²) in [5.74, 6) is -0.212. The molecule has 1 aromatic rings. The van der Waals surface area contributed by atoms with E-state index in [4.69, 9.17) is 0 Å². The number of hydrogen-bond acceptors (Lipinski definition) is 3. The molecule has 2 heterocycles. The third kappa shape index (κ3) is 2.27. The summed E-state index contributed by atoms with van der Waals surface area (Å²) in [7, 11) is 0. The molecule has 2 fully saturated rings. The Hall–Kier alpha value is -1.26. The van der Waals surface area contributed by atoms with E-state index in [1.807, 2.05) is 6.92 Å². The first-order valence-electron chi connectivity index (χ1n) is 7.32. The number of ketones is 1. The molecule has 0 radical (unpaired) electrons. The van der Waals surface area contributed by atoms with Gasteiger partial charge in [-0.05, 0) is 36.5 Å². The summed E-state index contributed by atoms with van der Waals surface area (Å²) in [6.45, 7) is 1.86. The zero-order chi connectivity index (χ0) is 14.3. The topological polar surface area (TPSA) is 49.3 Å². The summed E-state index contributed by atoms with van der Waals surface area (Å²) in [5, 5.41) is 13.5. The maximum atomic E-state index is 13.1. The number of Topliss-reactive ketones (excluding diaryl/α,β-unsaturated/α-hetero) is 1. The smallest absolute Gasteiger partial charge is 0.137 e. The fourth-order valence-corrected chi connectivity index (χ4v) is 3.81. The van der Waals surface area contributed by atoms with Crippen LogP contribution >= 0.6 is 0 Å². The number of benzene rings is 1. The number of carbonyl (C=O) groups excluding carboxylic acids is 1. The summed E-state index contributed by atoms with van der Waals surface area (Å²) in [6.07, 6.45) is 1.55. The molecular formula is C16H20FNO2. The molecule has 3 nitrogen and oxygen atoms in total. The minimum absolute atomic E-state index is 0.0800. The lowest BCUT2D eigenvalue weighted by Gasteiger charge is -2.37. The normalized spacial score (nSPS) is 36.0. The zero-order valence-electron chi connectivity index (χ0n) is 11.6. The van der Waals surface area contributed by atoms with Gasteiger partial charge in [-0.25, -0.2) is 4.39 Å². The molecule has 2 bridgehead atoms. The molecule has 2 aliphatic rings. The standard InChI is InChI=1S/C16H20FNO2/c1-2-13(19)15-12(9-3-5-10(17)6-4-9)7-11-8-14(20)16(15)18-11/h3-6,11-12,14-16,18,20H,2,7-8H2,1H3. The molecule has 1 aromatic carbocycles.